The smallest absolute Gasteiger partial charge is 0.123 e. The Hall–Kier alpha value is -1.28. The summed E-state index contributed by atoms with van der Waals surface area (Å²) >= 11 is 0. The monoisotopic (exact) mass is 316 g/mol. The normalized spacial score (nSPS) is 20.1. The molecule has 2 heteroatoms. The summed E-state index contributed by atoms with van der Waals surface area (Å²) in [7, 11) is 0. The van der Waals surface area contributed by atoms with Crippen molar-refractivity contribution in [2.45, 2.75) is 70.8 Å². The van der Waals surface area contributed by atoms with Gasteiger partial charge in [0.2, 0.25) is 0 Å². The first-order valence-corrected chi connectivity index (χ1v) is 9.25. The SMILES string of the molecule is CCCCCCCCC/C=C/c1cccc(OCC2(C)CO2)c1. The minimum Gasteiger partial charge on any atom is -0.490 e. The molecule has 2 nitrogen and oxygen atoms in total. The van der Waals surface area contributed by atoms with E-state index in [1.807, 2.05) is 6.07 Å². The van der Waals surface area contributed by atoms with Crippen LogP contribution in [0.4, 0.5) is 0 Å². The highest BCUT2D eigenvalue weighted by Crippen LogP contribution is 2.27. The lowest BCUT2D eigenvalue weighted by atomic mass is 10.1. The molecule has 0 bridgehead atoms. The first-order valence-electron chi connectivity index (χ1n) is 9.25. The Morgan fingerprint density at radius 3 is 2.61 bits per heavy atom. The largest absolute Gasteiger partial charge is 0.490 e. The summed E-state index contributed by atoms with van der Waals surface area (Å²) in [5, 5.41) is 0. The maximum Gasteiger partial charge on any atom is 0.123 e. The third kappa shape index (κ3) is 7.69. The first-order chi connectivity index (χ1) is 11.2. The standard InChI is InChI=1S/C21H32O2/c1-3-4-5-6-7-8-9-10-11-13-19-14-12-15-20(16-19)22-17-21(2)18-23-21/h11-16H,3-10,17-18H2,1-2H3/b13-11+. The lowest BCUT2D eigenvalue weighted by Gasteiger charge is -2.09. The Morgan fingerprint density at radius 2 is 1.87 bits per heavy atom. The lowest BCUT2D eigenvalue weighted by Crippen LogP contribution is -2.16. The van der Waals surface area contributed by atoms with Crippen LogP contribution in [0.1, 0.15) is 70.8 Å². The Bertz CT molecular complexity index is 474. The van der Waals surface area contributed by atoms with E-state index in [-0.39, 0.29) is 5.60 Å². The van der Waals surface area contributed by atoms with Crippen molar-refractivity contribution in [1.29, 1.82) is 0 Å². The molecule has 0 aliphatic carbocycles. The number of ether oxygens (including phenoxy) is 2. The van der Waals surface area contributed by atoms with E-state index < -0.39 is 0 Å². The number of allylic oxidation sites excluding steroid dienone is 1. The fourth-order valence-corrected chi connectivity index (χ4v) is 2.59. The topological polar surface area (TPSA) is 21.8 Å². The zero-order valence-electron chi connectivity index (χ0n) is 14.9. The molecule has 0 saturated carbocycles. The van der Waals surface area contributed by atoms with Crippen LogP contribution in [-0.2, 0) is 4.74 Å². The molecule has 0 radical (unpaired) electrons. The second-order valence-corrected chi connectivity index (χ2v) is 6.91. The highest BCUT2D eigenvalue weighted by atomic mass is 16.6. The van der Waals surface area contributed by atoms with E-state index in [0.717, 1.165) is 12.4 Å². The number of hydrogen-bond donors (Lipinski definition) is 0. The van der Waals surface area contributed by atoms with Gasteiger partial charge in [0, 0.05) is 0 Å². The van der Waals surface area contributed by atoms with Crippen molar-refractivity contribution in [3.8, 4) is 5.75 Å². The quantitative estimate of drug-likeness (QED) is 0.348. The van der Waals surface area contributed by atoms with Gasteiger partial charge in [-0.15, -0.1) is 0 Å². The highest BCUT2D eigenvalue weighted by Gasteiger charge is 2.40. The van der Waals surface area contributed by atoms with Gasteiger partial charge in [0.25, 0.3) is 0 Å². The van der Waals surface area contributed by atoms with E-state index in [2.05, 4.69) is 44.2 Å². The molecule has 1 aliphatic heterocycles. The highest BCUT2D eigenvalue weighted by molar-refractivity contribution is 5.51. The minimum absolute atomic E-state index is 0.0526. The van der Waals surface area contributed by atoms with E-state index >= 15 is 0 Å². The van der Waals surface area contributed by atoms with Crippen LogP contribution in [0.15, 0.2) is 30.3 Å². The van der Waals surface area contributed by atoms with Crippen LogP contribution in [0.2, 0.25) is 0 Å². The van der Waals surface area contributed by atoms with Crippen LogP contribution in [0.3, 0.4) is 0 Å². The van der Waals surface area contributed by atoms with Crippen molar-refractivity contribution in [2.24, 2.45) is 0 Å². The number of unbranched alkanes of at least 4 members (excludes halogenated alkanes) is 7. The summed E-state index contributed by atoms with van der Waals surface area (Å²) in [6.07, 6.45) is 15.2. The molecule has 2 rings (SSSR count). The minimum atomic E-state index is -0.0526. The van der Waals surface area contributed by atoms with Crippen LogP contribution in [0, 0.1) is 0 Å². The van der Waals surface area contributed by atoms with Crippen LogP contribution in [0.25, 0.3) is 6.08 Å². The van der Waals surface area contributed by atoms with Gasteiger partial charge in [0.15, 0.2) is 0 Å². The molecule has 0 spiro atoms. The van der Waals surface area contributed by atoms with Crippen molar-refractivity contribution in [1.82, 2.24) is 0 Å². The second kappa shape index (κ2) is 9.77. The number of epoxide rings is 1. The molecule has 1 saturated heterocycles. The molecule has 0 amide bonds. The Labute approximate surface area is 141 Å². The fraction of sp³-hybridized carbons (Fsp3) is 0.619. The predicted molar refractivity (Wildman–Crippen MR) is 97.9 cm³/mol. The zero-order chi connectivity index (χ0) is 16.4. The summed E-state index contributed by atoms with van der Waals surface area (Å²) in [4.78, 5) is 0. The maximum absolute atomic E-state index is 5.81. The molecular formula is C21H32O2. The Kier molecular flexibility index (Phi) is 7.67. The summed E-state index contributed by atoms with van der Waals surface area (Å²) in [6.45, 7) is 5.80. The van der Waals surface area contributed by atoms with Crippen molar-refractivity contribution in [3.05, 3.63) is 35.9 Å². The molecular weight excluding hydrogens is 284 g/mol. The van der Waals surface area contributed by atoms with Crippen LogP contribution >= 0.6 is 0 Å². The fourth-order valence-electron chi connectivity index (χ4n) is 2.59. The molecule has 1 unspecified atom stereocenters. The molecule has 23 heavy (non-hydrogen) atoms. The summed E-state index contributed by atoms with van der Waals surface area (Å²) in [5.41, 5.74) is 1.16. The van der Waals surface area contributed by atoms with Crippen molar-refractivity contribution in [2.75, 3.05) is 13.2 Å². The molecule has 1 fully saturated rings. The molecule has 1 aromatic carbocycles. The molecule has 0 N–H and O–H groups in total. The Morgan fingerprint density at radius 1 is 1.13 bits per heavy atom. The van der Waals surface area contributed by atoms with E-state index in [4.69, 9.17) is 9.47 Å². The van der Waals surface area contributed by atoms with Gasteiger partial charge in [-0.25, -0.2) is 0 Å². The van der Waals surface area contributed by atoms with Crippen molar-refractivity contribution >= 4 is 6.08 Å². The lowest BCUT2D eigenvalue weighted by molar-refractivity contribution is 0.202. The van der Waals surface area contributed by atoms with Gasteiger partial charge in [0.1, 0.15) is 18.0 Å². The average Bonchev–Trinajstić information content (AvgIpc) is 3.30. The summed E-state index contributed by atoms with van der Waals surface area (Å²) in [6, 6.07) is 8.30. The predicted octanol–water partition coefficient (Wildman–Crippen LogP) is 6.01. The first kappa shape index (κ1) is 18.1. The molecule has 1 heterocycles. The van der Waals surface area contributed by atoms with Crippen LogP contribution in [-0.4, -0.2) is 18.8 Å². The number of benzene rings is 1. The van der Waals surface area contributed by atoms with Gasteiger partial charge in [-0.05, 0) is 37.5 Å². The van der Waals surface area contributed by atoms with Crippen LogP contribution < -0.4 is 4.74 Å². The van der Waals surface area contributed by atoms with Gasteiger partial charge in [-0.3, -0.25) is 0 Å². The maximum atomic E-state index is 5.81. The van der Waals surface area contributed by atoms with Gasteiger partial charge < -0.3 is 9.47 Å². The molecule has 1 atom stereocenters. The van der Waals surface area contributed by atoms with E-state index in [0.29, 0.717) is 6.61 Å². The van der Waals surface area contributed by atoms with Gasteiger partial charge in [0.05, 0.1) is 6.61 Å². The third-order valence-corrected chi connectivity index (χ3v) is 4.32. The van der Waals surface area contributed by atoms with Gasteiger partial charge in [-0.2, -0.15) is 0 Å². The molecule has 0 aromatic heterocycles. The average molecular weight is 316 g/mol. The molecule has 128 valence electrons. The molecule has 1 aromatic rings. The second-order valence-electron chi connectivity index (χ2n) is 6.91. The van der Waals surface area contributed by atoms with Crippen molar-refractivity contribution in [3.63, 3.8) is 0 Å². The van der Waals surface area contributed by atoms with Crippen molar-refractivity contribution < 1.29 is 9.47 Å². The van der Waals surface area contributed by atoms with Gasteiger partial charge in [-0.1, -0.05) is 69.7 Å². The number of hydrogen-bond acceptors (Lipinski definition) is 2. The molecule has 1 aliphatic rings. The third-order valence-electron chi connectivity index (χ3n) is 4.32. The summed E-state index contributed by atoms with van der Waals surface area (Å²) < 4.78 is 11.1. The van der Waals surface area contributed by atoms with E-state index in [1.165, 1.54) is 56.9 Å². The Balaban J connectivity index is 1.60. The number of rotatable bonds is 12. The van der Waals surface area contributed by atoms with E-state index in [1.54, 1.807) is 0 Å². The van der Waals surface area contributed by atoms with Crippen LogP contribution in [0.5, 0.6) is 5.75 Å². The summed E-state index contributed by atoms with van der Waals surface area (Å²) in [5.74, 6) is 0.930. The van der Waals surface area contributed by atoms with E-state index in [9.17, 15) is 0 Å². The van der Waals surface area contributed by atoms with Gasteiger partial charge >= 0.3 is 0 Å². The zero-order valence-corrected chi connectivity index (χ0v) is 14.9.